The third kappa shape index (κ3) is 1.59. The standard InChI is InChI=1S/C10H16O4/c1-4-5-6-7(11)8-9(12-6)14-10(2,3)13-8/h4,6-9,11H,1,5H2,2-3H3/t6?,7-,8?,9?/m0/s1. The number of aliphatic hydroxyl groups is 1. The molecule has 2 heterocycles. The van der Waals surface area contributed by atoms with Gasteiger partial charge in [0.2, 0.25) is 0 Å². The molecule has 4 heteroatoms. The smallest absolute Gasteiger partial charge is 0.190 e. The van der Waals surface area contributed by atoms with Gasteiger partial charge < -0.3 is 19.3 Å². The predicted molar refractivity (Wildman–Crippen MR) is 49.5 cm³/mol. The molecule has 0 aromatic carbocycles. The Morgan fingerprint density at radius 3 is 2.71 bits per heavy atom. The van der Waals surface area contributed by atoms with Crippen molar-refractivity contribution in [1.29, 1.82) is 0 Å². The van der Waals surface area contributed by atoms with Crippen molar-refractivity contribution in [2.75, 3.05) is 0 Å². The molecule has 1 N–H and O–H groups in total. The Hall–Kier alpha value is -0.420. The minimum Gasteiger partial charge on any atom is -0.387 e. The molecule has 0 spiro atoms. The van der Waals surface area contributed by atoms with E-state index in [1.165, 1.54) is 0 Å². The van der Waals surface area contributed by atoms with Gasteiger partial charge in [-0.2, -0.15) is 0 Å². The van der Waals surface area contributed by atoms with Crippen molar-refractivity contribution in [3.05, 3.63) is 12.7 Å². The van der Waals surface area contributed by atoms with Crippen LogP contribution < -0.4 is 0 Å². The van der Waals surface area contributed by atoms with Gasteiger partial charge in [0.15, 0.2) is 12.1 Å². The van der Waals surface area contributed by atoms with Crippen molar-refractivity contribution in [3.63, 3.8) is 0 Å². The molecule has 2 rings (SSSR count). The van der Waals surface area contributed by atoms with E-state index in [1.807, 2.05) is 13.8 Å². The highest BCUT2D eigenvalue weighted by atomic mass is 16.8. The lowest BCUT2D eigenvalue weighted by atomic mass is 10.1. The van der Waals surface area contributed by atoms with Crippen LogP contribution in [0.4, 0.5) is 0 Å². The molecule has 0 aromatic rings. The van der Waals surface area contributed by atoms with E-state index in [-0.39, 0.29) is 12.2 Å². The lowest BCUT2D eigenvalue weighted by Crippen LogP contribution is -2.34. The monoisotopic (exact) mass is 200 g/mol. The zero-order valence-corrected chi connectivity index (χ0v) is 8.47. The summed E-state index contributed by atoms with van der Waals surface area (Å²) in [7, 11) is 0. The molecule has 0 saturated carbocycles. The van der Waals surface area contributed by atoms with Crippen LogP contribution in [0.3, 0.4) is 0 Å². The molecule has 2 aliphatic heterocycles. The highest BCUT2D eigenvalue weighted by molar-refractivity contribution is 4.95. The summed E-state index contributed by atoms with van der Waals surface area (Å²) in [6, 6.07) is 0. The molecule has 0 radical (unpaired) electrons. The van der Waals surface area contributed by atoms with Gasteiger partial charge in [0.05, 0.1) is 6.10 Å². The Morgan fingerprint density at radius 1 is 1.43 bits per heavy atom. The quantitative estimate of drug-likeness (QED) is 0.670. The molecular formula is C10H16O4. The zero-order valence-electron chi connectivity index (χ0n) is 8.47. The molecule has 2 aliphatic rings. The van der Waals surface area contributed by atoms with Crippen molar-refractivity contribution < 1.29 is 19.3 Å². The van der Waals surface area contributed by atoms with E-state index in [1.54, 1.807) is 6.08 Å². The molecule has 0 bridgehead atoms. The van der Waals surface area contributed by atoms with E-state index in [2.05, 4.69) is 6.58 Å². The van der Waals surface area contributed by atoms with Crippen LogP contribution in [0.5, 0.6) is 0 Å². The Morgan fingerprint density at radius 2 is 2.14 bits per heavy atom. The van der Waals surface area contributed by atoms with Gasteiger partial charge in [-0.25, -0.2) is 0 Å². The second kappa shape index (κ2) is 3.31. The Kier molecular flexibility index (Phi) is 2.39. The number of fused-ring (bicyclic) bond motifs is 1. The van der Waals surface area contributed by atoms with E-state index >= 15 is 0 Å². The summed E-state index contributed by atoms with van der Waals surface area (Å²) in [5.41, 5.74) is 0. The molecule has 14 heavy (non-hydrogen) atoms. The molecule has 4 atom stereocenters. The summed E-state index contributed by atoms with van der Waals surface area (Å²) in [4.78, 5) is 0. The molecule has 0 amide bonds. The number of hydrogen-bond acceptors (Lipinski definition) is 4. The van der Waals surface area contributed by atoms with Gasteiger partial charge in [0.1, 0.15) is 12.2 Å². The molecule has 2 saturated heterocycles. The van der Waals surface area contributed by atoms with Gasteiger partial charge >= 0.3 is 0 Å². The first-order valence-corrected chi connectivity index (χ1v) is 4.83. The first-order chi connectivity index (χ1) is 6.53. The van der Waals surface area contributed by atoms with E-state index in [4.69, 9.17) is 14.2 Å². The summed E-state index contributed by atoms with van der Waals surface area (Å²) in [6.45, 7) is 7.23. The summed E-state index contributed by atoms with van der Waals surface area (Å²) in [5, 5.41) is 9.84. The maximum absolute atomic E-state index is 9.84. The van der Waals surface area contributed by atoms with Gasteiger partial charge in [-0.3, -0.25) is 0 Å². The summed E-state index contributed by atoms with van der Waals surface area (Å²) in [6.07, 6.45) is 0.653. The Balaban J connectivity index is 2.04. The number of ether oxygens (including phenoxy) is 3. The van der Waals surface area contributed by atoms with Gasteiger partial charge in [0, 0.05) is 0 Å². The van der Waals surface area contributed by atoms with Crippen LogP contribution in [0.15, 0.2) is 12.7 Å². The molecule has 80 valence electrons. The molecule has 4 nitrogen and oxygen atoms in total. The normalized spacial score (nSPS) is 45.1. The first kappa shape index (κ1) is 10.1. The van der Waals surface area contributed by atoms with Crippen molar-refractivity contribution in [1.82, 2.24) is 0 Å². The molecule has 3 unspecified atom stereocenters. The maximum Gasteiger partial charge on any atom is 0.190 e. The average Bonchev–Trinajstić information content (AvgIpc) is 2.50. The predicted octanol–water partition coefficient (Wildman–Crippen LogP) is 0.800. The van der Waals surface area contributed by atoms with Crippen LogP contribution in [0.25, 0.3) is 0 Å². The lowest BCUT2D eigenvalue weighted by molar-refractivity contribution is -0.214. The minimum absolute atomic E-state index is 0.251. The third-order valence-electron chi connectivity index (χ3n) is 2.51. The van der Waals surface area contributed by atoms with E-state index < -0.39 is 18.2 Å². The van der Waals surface area contributed by atoms with Crippen molar-refractivity contribution in [2.24, 2.45) is 0 Å². The van der Waals surface area contributed by atoms with E-state index in [0.717, 1.165) is 0 Å². The topological polar surface area (TPSA) is 47.9 Å². The first-order valence-electron chi connectivity index (χ1n) is 4.83. The van der Waals surface area contributed by atoms with Crippen LogP contribution >= 0.6 is 0 Å². The highest BCUT2D eigenvalue weighted by Gasteiger charge is 2.53. The Labute approximate surface area is 83.5 Å². The van der Waals surface area contributed by atoms with E-state index in [9.17, 15) is 5.11 Å². The van der Waals surface area contributed by atoms with Gasteiger partial charge in [0.25, 0.3) is 0 Å². The summed E-state index contributed by atoms with van der Waals surface area (Å²) >= 11 is 0. The highest BCUT2D eigenvalue weighted by Crippen LogP contribution is 2.38. The lowest BCUT2D eigenvalue weighted by Gasteiger charge is -2.22. The third-order valence-corrected chi connectivity index (χ3v) is 2.51. The Bertz CT molecular complexity index is 238. The van der Waals surface area contributed by atoms with Gasteiger partial charge in [-0.05, 0) is 20.3 Å². The van der Waals surface area contributed by atoms with Gasteiger partial charge in [-0.1, -0.05) is 6.08 Å². The molecule has 0 aliphatic carbocycles. The van der Waals surface area contributed by atoms with Crippen molar-refractivity contribution in [2.45, 2.75) is 50.7 Å². The largest absolute Gasteiger partial charge is 0.387 e. The number of rotatable bonds is 2. The summed E-state index contributed by atoms with van der Waals surface area (Å²) in [5.74, 6) is -0.657. The van der Waals surface area contributed by atoms with Crippen LogP contribution in [-0.4, -0.2) is 35.5 Å². The van der Waals surface area contributed by atoms with Crippen LogP contribution in [0, 0.1) is 0 Å². The summed E-state index contributed by atoms with van der Waals surface area (Å²) < 4.78 is 16.5. The number of aliphatic hydroxyl groups excluding tert-OH is 1. The van der Waals surface area contributed by atoms with Crippen molar-refractivity contribution >= 4 is 0 Å². The van der Waals surface area contributed by atoms with Crippen LogP contribution in [0.2, 0.25) is 0 Å². The SMILES string of the molecule is C=CCC1OC2OC(C)(C)OC2[C@H]1O. The van der Waals surface area contributed by atoms with Crippen LogP contribution in [-0.2, 0) is 14.2 Å². The maximum atomic E-state index is 9.84. The fourth-order valence-electron chi connectivity index (χ4n) is 1.92. The second-order valence-corrected chi connectivity index (χ2v) is 4.16. The fraction of sp³-hybridized carbons (Fsp3) is 0.800. The minimum atomic E-state index is -0.657. The molecule has 2 fully saturated rings. The number of hydrogen-bond donors (Lipinski definition) is 1. The fourth-order valence-corrected chi connectivity index (χ4v) is 1.92. The second-order valence-electron chi connectivity index (χ2n) is 4.16. The molecular weight excluding hydrogens is 184 g/mol. The zero-order chi connectivity index (χ0) is 10.3. The van der Waals surface area contributed by atoms with Gasteiger partial charge in [-0.15, -0.1) is 6.58 Å². The van der Waals surface area contributed by atoms with Crippen LogP contribution in [0.1, 0.15) is 20.3 Å². The van der Waals surface area contributed by atoms with E-state index in [0.29, 0.717) is 6.42 Å². The van der Waals surface area contributed by atoms with Crippen molar-refractivity contribution in [3.8, 4) is 0 Å². The molecule has 0 aromatic heterocycles. The average molecular weight is 200 g/mol.